The molecule has 0 aromatic carbocycles. The normalized spacial score (nSPS) is 12.6. The highest BCUT2D eigenvalue weighted by molar-refractivity contribution is 7.09. The van der Waals surface area contributed by atoms with Gasteiger partial charge in [0.1, 0.15) is 5.01 Å². The van der Waals surface area contributed by atoms with Crippen molar-refractivity contribution in [3.05, 3.63) is 46.7 Å². The molecule has 0 spiro atoms. The summed E-state index contributed by atoms with van der Waals surface area (Å²) in [6.45, 7) is 3.09. The molecule has 1 N–H and O–H groups in total. The number of aromatic nitrogens is 2. The molecule has 0 saturated carbocycles. The van der Waals surface area contributed by atoms with E-state index in [0.29, 0.717) is 6.04 Å². The molecule has 2 heterocycles. The molecular weight excluding hydrogens is 218 g/mol. The number of nitrogens with zero attached hydrogens (tertiary/aromatic N) is 2. The summed E-state index contributed by atoms with van der Waals surface area (Å²) in [6.07, 6.45) is 6.56. The monoisotopic (exact) mass is 233 g/mol. The summed E-state index contributed by atoms with van der Waals surface area (Å²) < 4.78 is 0. The van der Waals surface area contributed by atoms with Gasteiger partial charge in [-0.05, 0) is 31.5 Å². The molecule has 0 bridgehead atoms. The summed E-state index contributed by atoms with van der Waals surface area (Å²) in [5, 5.41) is 6.61. The van der Waals surface area contributed by atoms with Crippen LogP contribution >= 0.6 is 11.3 Å². The van der Waals surface area contributed by atoms with Crippen LogP contribution in [0.15, 0.2) is 36.1 Å². The Labute approximate surface area is 99.6 Å². The Hall–Kier alpha value is -1.26. The van der Waals surface area contributed by atoms with Crippen molar-refractivity contribution in [3.63, 3.8) is 0 Å². The first kappa shape index (κ1) is 11.2. The summed E-state index contributed by atoms with van der Waals surface area (Å²) in [7, 11) is 0. The Bertz CT molecular complexity index is 399. The fourth-order valence-corrected chi connectivity index (χ4v) is 2.18. The fraction of sp³-hybridized carbons (Fsp3) is 0.333. The second kappa shape index (κ2) is 5.72. The minimum atomic E-state index is 0.330. The van der Waals surface area contributed by atoms with Crippen molar-refractivity contribution in [2.24, 2.45) is 0 Å². The highest BCUT2D eigenvalue weighted by Crippen LogP contribution is 2.14. The van der Waals surface area contributed by atoms with Gasteiger partial charge >= 0.3 is 0 Å². The molecule has 0 aliphatic rings. The van der Waals surface area contributed by atoms with Crippen LogP contribution < -0.4 is 5.32 Å². The van der Waals surface area contributed by atoms with Gasteiger partial charge in [-0.1, -0.05) is 6.07 Å². The average molecular weight is 233 g/mol. The van der Waals surface area contributed by atoms with Gasteiger partial charge in [-0.15, -0.1) is 11.3 Å². The van der Waals surface area contributed by atoms with Gasteiger partial charge in [0, 0.05) is 24.0 Å². The van der Waals surface area contributed by atoms with E-state index in [4.69, 9.17) is 0 Å². The molecular formula is C12H15N3S. The van der Waals surface area contributed by atoms with Gasteiger partial charge in [-0.25, -0.2) is 4.98 Å². The van der Waals surface area contributed by atoms with Gasteiger partial charge in [0.05, 0.1) is 6.04 Å². The van der Waals surface area contributed by atoms with E-state index in [9.17, 15) is 0 Å². The van der Waals surface area contributed by atoms with Crippen molar-refractivity contribution in [3.8, 4) is 0 Å². The standard InChI is InChI=1S/C12H15N3S/c1-10(12-15-7-8-16-12)14-6-4-11-3-2-5-13-9-11/h2-3,5,7-10,14H,4,6H2,1H3. The molecule has 0 saturated heterocycles. The van der Waals surface area contributed by atoms with E-state index in [2.05, 4.69) is 28.3 Å². The Balaban J connectivity index is 1.76. The lowest BCUT2D eigenvalue weighted by Gasteiger charge is -2.10. The van der Waals surface area contributed by atoms with Crippen molar-refractivity contribution in [1.82, 2.24) is 15.3 Å². The second-order valence-electron chi connectivity index (χ2n) is 3.66. The minimum Gasteiger partial charge on any atom is -0.308 e. The van der Waals surface area contributed by atoms with Crippen LogP contribution in [0.2, 0.25) is 0 Å². The van der Waals surface area contributed by atoms with Crippen LogP contribution in [0, 0.1) is 0 Å². The third kappa shape index (κ3) is 3.12. The van der Waals surface area contributed by atoms with Crippen LogP contribution in [0.3, 0.4) is 0 Å². The largest absolute Gasteiger partial charge is 0.308 e. The van der Waals surface area contributed by atoms with E-state index in [1.807, 2.05) is 23.8 Å². The van der Waals surface area contributed by atoms with Gasteiger partial charge in [-0.2, -0.15) is 0 Å². The van der Waals surface area contributed by atoms with Crippen molar-refractivity contribution in [2.75, 3.05) is 6.54 Å². The van der Waals surface area contributed by atoms with Gasteiger partial charge in [0.25, 0.3) is 0 Å². The smallest absolute Gasteiger partial charge is 0.109 e. The van der Waals surface area contributed by atoms with E-state index >= 15 is 0 Å². The maximum atomic E-state index is 4.29. The Morgan fingerprint density at radius 1 is 1.44 bits per heavy atom. The van der Waals surface area contributed by atoms with Crippen LogP contribution in [0.4, 0.5) is 0 Å². The number of hydrogen-bond donors (Lipinski definition) is 1. The van der Waals surface area contributed by atoms with Crippen LogP contribution in [0.5, 0.6) is 0 Å². The molecule has 4 heteroatoms. The number of hydrogen-bond acceptors (Lipinski definition) is 4. The first-order valence-corrected chi connectivity index (χ1v) is 6.26. The maximum Gasteiger partial charge on any atom is 0.109 e. The van der Waals surface area contributed by atoms with Crippen LogP contribution in [0.25, 0.3) is 0 Å². The third-order valence-corrected chi connectivity index (χ3v) is 3.37. The molecule has 2 rings (SSSR count). The molecule has 0 fully saturated rings. The van der Waals surface area contributed by atoms with Gasteiger partial charge in [0.2, 0.25) is 0 Å². The Morgan fingerprint density at radius 3 is 3.06 bits per heavy atom. The van der Waals surface area contributed by atoms with Crippen molar-refractivity contribution in [1.29, 1.82) is 0 Å². The van der Waals surface area contributed by atoms with Gasteiger partial charge in [-0.3, -0.25) is 4.98 Å². The van der Waals surface area contributed by atoms with Crippen LogP contribution in [-0.2, 0) is 6.42 Å². The zero-order valence-corrected chi connectivity index (χ0v) is 10.1. The quantitative estimate of drug-likeness (QED) is 0.862. The van der Waals surface area contributed by atoms with E-state index in [0.717, 1.165) is 18.0 Å². The van der Waals surface area contributed by atoms with Crippen LogP contribution in [0.1, 0.15) is 23.5 Å². The topological polar surface area (TPSA) is 37.8 Å². The average Bonchev–Trinajstić information content (AvgIpc) is 2.84. The lowest BCUT2D eigenvalue weighted by molar-refractivity contribution is 0.574. The van der Waals surface area contributed by atoms with Crippen molar-refractivity contribution >= 4 is 11.3 Å². The fourth-order valence-electron chi connectivity index (χ4n) is 1.51. The maximum absolute atomic E-state index is 4.29. The molecule has 0 amide bonds. The zero-order chi connectivity index (χ0) is 11.2. The minimum absolute atomic E-state index is 0.330. The summed E-state index contributed by atoms with van der Waals surface area (Å²) in [4.78, 5) is 8.38. The predicted molar refractivity (Wildman–Crippen MR) is 66.5 cm³/mol. The molecule has 3 nitrogen and oxygen atoms in total. The number of nitrogens with one attached hydrogen (secondary N) is 1. The van der Waals surface area contributed by atoms with Crippen molar-refractivity contribution < 1.29 is 0 Å². The number of pyridine rings is 1. The Morgan fingerprint density at radius 2 is 2.38 bits per heavy atom. The van der Waals surface area contributed by atoms with E-state index in [1.165, 1.54) is 5.56 Å². The summed E-state index contributed by atoms with van der Waals surface area (Å²) >= 11 is 1.69. The summed E-state index contributed by atoms with van der Waals surface area (Å²) in [5.41, 5.74) is 1.27. The molecule has 0 aliphatic heterocycles. The Kier molecular flexibility index (Phi) is 4.02. The molecule has 16 heavy (non-hydrogen) atoms. The highest BCUT2D eigenvalue weighted by atomic mass is 32.1. The molecule has 84 valence electrons. The molecule has 1 atom stereocenters. The summed E-state index contributed by atoms with van der Waals surface area (Å²) in [6, 6.07) is 4.40. The first-order valence-electron chi connectivity index (χ1n) is 5.38. The van der Waals surface area contributed by atoms with Crippen molar-refractivity contribution in [2.45, 2.75) is 19.4 Å². The molecule has 2 aromatic rings. The molecule has 0 aliphatic carbocycles. The molecule has 0 radical (unpaired) electrons. The van der Waals surface area contributed by atoms with E-state index in [-0.39, 0.29) is 0 Å². The lowest BCUT2D eigenvalue weighted by atomic mass is 10.2. The SMILES string of the molecule is CC(NCCc1cccnc1)c1nccs1. The first-order chi connectivity index (χ1) is 7.86. The second-order valence-corrected chi connectivity index (χ2v) is 4.58. The number of thiazole rings is 1. The lowest BCUT2D eigenvalue weighted by Crippen LogP contribution is -2.21. The third-order valence-electron chi connectivity index (χ3n) is 2.41. The van der Waals surface area contributed by atoms with Gasteiger partial charge in [0.15, 0.2) is 0 Å². The zero-order valence-electron chi connectivity index (χ0n) is 9.26. The van der Waals surface area contributed by atoms with E-state index < -0.39 is 0 Å². The molecule has 1 unspecified atom stereocenters. The van der Waals surface area contributed by atoms with Crippen LogP contribution in [-0.4, -0.2) is 16.5 Å². The van der Waals surface area contributed by atoms with E-state index in [1.54, 1.807) is 17.5 Å². The summed E-state index contributed by atoms with van der Waals surface area (Å²) in [5.74, 6) is 0. The predicted octanol–water partition coefficient (Wildman–Crippen LogP) is 2.43. The van der Waals surface area contributed by atoms with Gasteiger partial charge < -0.3 is 5.32 Å². The molecule has 2 aromatic heterocycles. The highest BCUT2D eigenvalue weighted by Gasteiger charge is 2.06. The number of rotatable bonds is 5.